The van der Waals surface area contributed by atoms with Crippen molar-refractivity contribution in [3.63, 3.8) is 0 Å². The first-order valence-electron chi connectivity index (χ1n) is 7.67. The highest BCUT2D eigenvalue weighted by atomic mass is 32.2. The second kappa shape index (κ2) is 6.20. The summed E-state index contributed by atoms with van der Waals surface area (Å²) in [6.45, 7) is 1.96. The lowest BCUT2D eigenvalue weighted by atomic mass is 10.0. The number of carbonyl (C=O) groups is 1. The summed E-state index contributed by atoms with van der Waals surface area (Å²) in [5.41, 5.74) is 0.946. The second-order valence-electron chi connectivity index (χ2n) is 6.17. The van der Waals surface area contributed by atoms with Crippen LogP contribution in [0.15, 0.2) is 24.3 Å². The zero-order chi connectivity index (χ0) is 16.6. The molecule has 1 fully saturated rings. The number of carbonyl (C=O) groups excluding carboxylic acids is 1. The van der Waals surface area contributed by atoms with Crippen molar-refractivity contribution in [3.8, 4) is 0 Å². The Hall–Kier alpha value is -1.47. The number of benzene rings is 1. The maximum absolute atomic E-state index is 12.4. The Morgan fingerprint density at radius 1 is 1.43 bits per heavy atom. The van der Waals surface area contributed by atoms with E-state index in [1.807, 2.05) is 31.2 Å². The summed E-state index contributed by atoms with van der Waals surface area (Å²) in [7, 11) is -1.17. The van der Waals surface area contributed by atoms with Gasteiger partial charge in [0.1, 0.15) is 5.01 Å². The molecule has 2 aromatic rings. The third-order valence-electron chi connectivity index (χ3n) is 4.43. The molecule has 0 N–H and O–H groups in total. The minimum absolute atomic E-state index is 0.0149. The number of fused-ring (bicyclic) bond motifs is 1. The molecule has 0 aliphatic carbocycles. The number of amides is 1. The lowest BCUT2D eigenvalue weighted by Crippen LogP contribution is -2.31. The van der Waals surface area contributed by atoms with Gasteiger partial charge in [0.15, 0.2) is 9.84 Å². The highest BCUT2D eigenvalue weighted by molar-refractivity contribution is 7.91. The van der Waals surface area contributed by atoms with Gasteiger partial charge in [0.2, 0.25) is 5.91 Å². The number of thiazole rings is 1. The predicted molar refractivity (Wildman–Crippen MR) is 92.2 cm³/mol. The summed E-state index contributed by atoms with van der Waals surface area (Å²) in [5.74, 6) is 0.292. The van der Waals surface area contributed by atoms with E-state index in [9.17, 15) is 13.2 Å². The lowest BCUT2D eigenvalue weighted by Gasteiger charge is -2.24. The lowest BCUT2D eigenvalue weighted by molar-refractivity contribution is -0.132. The fraction of sp³-hybridized carbons (Fsp3) is 0.500. The standard InChI is InChI=1S/C16H20N2O3S2/c1-11(16-17-13-5-3-4-6-14(13)22-16)18(2)15(19)9-12-7-8-23(20,21)10-12/h3-6,11-12H,7-10H2,1-2H3/t11-,12+/m1/s1. The third kappa shape index (κ3) is 3.55. The zero-order valence-corrected chi connectivity index (χ0v) is 14.9. The molecule has 5 nitrogen and oxygen atoms in total. The number of para-hydroxylation sites is 1. The Bertz CT molecular complexity index is 796. The van der Waals surface area contributed by atoms with Crippen LogP contribution in [-0.2, 0) is 14.6 Å². The molecule has 2 heterocycles. The molecule has 0 bridgehead atoms. The molecule has 124 valence electrons. The summed E-state index contributed by atoms with van der Waals surface area (Å²) in [6, 6.07) is 7.80. The van der Waals surface area contributed by atoms with Gasteiger partial charge in [-0.3, -0.25) is 4.79 Å². The van der Waals surface area contributed by atoms with Gasteiger partial charge in [-0.2, -0.15) is 0 Å². The summed E-state index contributed by atoms with van der Waals surface area (Å²) in [6.07, 6.45) is 0.891. The van der Waals surface area contributed by atoms with Crippen molar-refractivity contribution >= 4 is 37.3 Å². The zero-order valence-electron chi connectivity index (χ0n) is 13.2. The van der Waals surface area contributed by atoms with E-state index in [0.29, 0.717) is 12.8 Å². The van der Waals surface area contributed by atoms with Crippen LogP contribution >= 0.6 is 11.3 Å². The molecule has 1 aromatic carbocycles. The monoisotopic (exact) mass is 352 g/mol. The van der Waals surface area contributed by atoms with Crippen LogP contribution in [0, 0.1) is 5.92 Å². The van der Waals surface area contributed by atoms with Crippen LogP contribution in [0.2, 0.25) is 0 Å². The van der Waals surface area contributed by atoms with Gasteiger partial charge in [0, 0.05) is 13.5 Å². The van der Waals surface area contributed by atoms with E-state index < -0.39 is 9.84 Å². The van der Waals surface area contributed by atoms with Gasteiger partial charge < -0.3 is 4.90 Å². The van der Waals surface area contributed by atoms with Crippen molar-refractivity contribution in [2.24, 2.45) is 5.92 Å². The third-order valence-corrected chi connectivity index (χ3v) is 7.48. The number of aromatic nitrogens is 1. The van der Waals surface area contributed by atoms with E-state index in [2.05, 4.69) is 4.98 Å². The number of nitrogens with zero attached hydrogens (tertiary/aromatic N) is 2. The Labute approximate surface area is 140 Å². The highest BCUT2D eigenvalue weighted by Crippen LogP contribution is 2.30. The van der Waals surface area contributed by atoms with Crippen molar-refractivity contribution in [2.45, 2.75) is 25.8 Å². The summed E-state index contributed by atoms with van der Waals surface area (Å²) >= 11 is 1.59. The largest absolute Gasteiger partial charge is 0.337 e. The van der Waals surface area contributed by atoms with Gasteiger partial charge in [0.05, 0.1) is 27.8 Å². The Morgan fingerprint density at radius 3 is 2.83 bits per heavy atom. The van der Waals surface area contributed by atoms with E-state index >= 15 is 0 Å². The topological polar surface area (TPSA) is 67.3 Å². The van der Waals surface area contributed by atoms with Crippen molar-refractivity contribution in [3.05, 3.63) is 29.3 Å². The molecule has 1 aromatic heterocycles. The van der Waals surface area contributed by atoms with Gasteiger partial charge in [-0.05, 0) is 31.4 Å². The molecule has 1 aliphatic rings. The SMILES string of the molecule is C[C@H](c1nc2ccccc2s1)N(C)C(=O)C[C@@H]1CCS(=O)(=O)C1. The number of hydrogen-bond donors (Lipinski definition) is 0. The highest BCUT2D eigenvalue weighted by Gasteiger charge is 2.31. The fourth-order valence-corrected chi connectivity index (χ4v) is 5.80. The second-order valence-corrected chi connectivity index (χ2v) is 9.46. The van der Waals surface area contributed by atoms with E-state index in [-0.39, 0.29) is 29.4 Å². The van der Waals surface area contributed by atoms with E-state index in [4.69, 9.17) is 0 Å². The van der Waals surface area contributed by atoms with Crippen molar-refractivity contribution in [2.75, 3.05) is 18.6 Å². The Morgan fingerprint density at radius 2 is 2.17 bits per heavy atom. The smallest absolute Gasteiger partial charge is 0.223 e. The molecule has 1 saturated heterocycles. The number of rotatable bonds is 4. The first-order chi connectivity index (χ1) is 10.9. The van der Waals surface area contributed by atoms with Gasteiger partial charge >= 0.3 is 0 Å². The molecular formula is C16H20N2O3S2. The van der Waals surface area contributed by atoms with Crippen LogP contribution < -0.4 is 0 Å². The maximum Gasteiger partial charge on any atom is 0.223 e. The molecule has 0 saturated carbocycles. The first-order valence-corrected chi connectivity index (χ1v) is 10.3. The summed E-state index contributed by atoms with van der Waals surface area (Å²) in [4.78, 5) is 18.7. The molecule has 1 aliphatic heterocycles. The van der Waals surface area contributed by atoms with E-state index in [1.165, 1.54) is 0 Å². The van der Waals surface area contributed by atoms with E-state index in [1.54, 1.807) is 23.3 Å². The van der Waals surface area contributed by atoms with Crippen LogP contribution in [0.4, 0.5) is 0 Å². The minimum Gasteiger partial charge on any atom is -0.337 e. The minimum atomic E-state index is -2.94. The van der Waals surface area contributed by atoms with Crippen molar-refractivity contribution in [1.29, 1.82) is 0 Å². The first kappa shape index (κ1) is 16.4. The summed E-state index contributed by atoms with van der Waals surface area (Å²) < 4.78 is 24.1. The average molecular weight is 352 g/mol. The number of hydrogen-bond acceptors (Lipinski definition) is 5. The van der Waals surface area contributed by atoms with Crippen LogP contribution in [0.5, 0.6) is 0 Å². The number of sulfone groups is 1. The van der Waals surface area contributed by atoms with Crippen LogP contribution in [-0.4, -0.2) is 42.8 Å². The molecule has 2 atom stereocenters. The van der Waals surface area contributed by atoms with Crippen LogP contribution in [0.3, 0.4) is 0 Å². The molecular weight excluding hydrogens is 332 g/mol. The molecule has 3 rings (SSSR count). The van der Waals surface area contributed by atoms with Crippen LogP contribution in [0.25, 0.3) is 10.2 Å². The molecule has 23 heavy (non-hydrogen) atoms. The van der Waals surface area contributed by atoms with Gasteiger partial charge in [-0.15, -0.1) is 11.3 Å². The predicted octanol–water partition coefficient (Wildman–Crippen LogP) is 2.64. The molecule has 0 unspecified atom stereocenters. The molecule has 0 spiro atoms. The molecule has 7 heteroatoms. The normalized spacial score (nSPS) is 21.4. The maximum atomic E-state index is 12.4. The Balaban J connectivity index is 1.69. The van der Waals surface area contributed by atoms with Crippen LogP contribution in [0.1, 0.15) is 30.8 Å². The van der Waals surface area contributed by atoms with Gasteiger partial charge in [0.25, 0.3) is 0 Å². The van der Waals surface area contributed by atoms with Gasteiger partial charge in [-0.25, -0.2) is 13.4 Å². The quantitative estimate of drug-likeness (QED) is 0.848. The molecule has 1 amide bonds. The Kier molecular flexibility index (Phi) is 4.42. The van der Waals surface area contributed by atoms with E-state index in [0.717, 1.165) is 15.2 Å². The van der Waals surface area contributed by atoms with Crippen molar-refractivity contribution in [1.82, 2.24) is 9.88 Å². The fourth-order valence-electron chi connectivity index (χ4n) is 2.87. The van der Waals surface area contributed by atoms with Gasteiger partial charge in [-0.1, -0.05) is 12.1 Å². The summed E-state index contributed by atoms with van der Waals surface area (Å²) in [5, 5.41) is 0.904. The van der Waals surface area contributed by atoms with Crippen molar-refractivity contribution < 1.29 is 13.2 Å². The molecule has 0 radical (unpaired) electrons. The average Bonchev–Trinajstić information content (AvgIpc) is 3.08.